The minimum absolute atomic E-state index is 0.243. The lowest BCUT2D eigenvalue weighted by Gasteiger charge is -2.36. The van der Waals surface area contributed by atoms with Gasteiger partial charge in [-0.3, -0.25) is 9.52 Å². The third-order valence-electron chi connectivity index (χ3n) is 6.73. The van der Waals surface area contributed by atoms with Gasteiger partial charge in [0.2, 0.25) is 0 Å². The van der Waals surface area contributed by atoms with Crippen LogP contribution < -0.4 is 9.62 Å². The van der Waals surface area contributed by atoms with Crippen LogP contribution in [0.4, 0.5) is 15.8 Å². The molecule has 0 spiro atoms. The summed E-state index contributed by atoms with van der Waals surface area (Å²) in [7, 11) is -3.93. The fraction of sp³-hybridized carbons (Fsp3) is 0.296. The number of piperazine rings is 1. The van der Waals surface area contributed by atoms with E-state index in [9.17, 15) is 17.6 Å². The van der Waals surface area contributed by atoms with E-state index in [-0.39, 0.29) is 27.9 Å². The van der Waals surface area contributed by atoms with Gasteiger partial charge >= 0.3 is 0 Å². The number of aryl methyl sites for hydroxylation is 2. The Morgan fingerprint density at radius 1 is 0.857 bits per heavy atom. The number of hydrogen-bond acceptors (Lipinski definition) is 4. The Bertz CT molecular complexity index is 1350. The second-order valence-electron chi connectivity index (χ2n) is 8.97. The molecule has 1 aliphatic rings. The molecule has 0 atom stereocenters. The molecule has 4 rings (SSSR count). The van der Waals surface area contributed by atoms with Gasteiger partial charge in [0.05, 0.1) is 21.8 Å². The van der Waals surface area contributed by atoms with Crippen molar-refractivity contribution in [3.63, 3.8) is 0 Å². The molecule has 1 aliphatic heterocycles. The van der Waals surface area contributed by atoms with Crippen LogP contribution in [-0.4, -0.2) is 45.4 Å². The van der Waals surface area contributed by atoms with Crippen molar-refractivity contribution in [2.75, 3.05) is 35.8 Å². The quantitative estimate of drug-likeness (QED) is 0.551. The Labute approximate surface area is 206 Å². The predicted octanol–water partition coefficient (Wildman–Crippen LogP) is 4.82. The Hall–Kier alpha value is -3.39. The summed E-state index contributed by atoms with van der Waals surface area (Å²) in [4.78, 5) is 17.2. The molecule has 0 saturated carbocycles. The molecule has 184 valence electrons. The van der Waals surface area contributed by atoms with Crippen molar-refractivity contribution >= 4 is 27.3 Å². The highest BCUT2D eigenvalue weighted by Gasteiger charge is 2.28. The first kappa shape index (κ1) is 24.7. The summed E-state index contributed by atoms with van der Waals surface area (Å²) in [6.45, 7) is 9.15. The zero-order valence-corrected chi connectivity index (χ0v) is 21.2. The van der Waals surface area contributed by atoms with Gasteiger partial charge in [-0.15, -0.1) is 0 Å². The zero-order chi connectivity index (χ0) is 25.3. The lowest BCUT2D eigenvalue weighted by Crippen LogP contribution is -2.49. The highest BCUT2D eigenvalue weighted by molar-refractivity contribution is 7.92. The first-order chi connectivity index (χ1) is 16.6. The summed E-state index contributed by atoms with van der Waals surface area (Å²) in [6.07, 6.45) is 0. The van der Waals surface area contributed by atoms with Gasteiger partial charge in [0.1, 0.15) is 5.82 Å². The molecule has 8 heteroatoms. The Morgan fingerprint density at radius 2 is 1.43 bits per heavy atom. The highest BCUT2D eigenvalue weighted by Crippen LogP contribution is 2.29. The maximum atomic E-state index is 14.2. The van der Waals surface area contributed by atoms with Gasteiger partial charge < -0.3 is 9.80 Å². The Morgan fingerprint density at radius 3 is 2.06 bits per heavy atom. The van der Waals surface area contributed by atoms with E-state index >= 15 is 0 Å². The Kier molecular flexibility index (Phi) is 6.85. The van der Waals surface area contributed by atoms with Crippen LogP contribution >= 0.6 is 0 Å². The van der Waals surface area contributed by atoms with Crippen LogP contribution in [0.2, 0.25) is 0 Å². The van der Waals surface area contributed by atoms with E-state index < -0.39 is 10.0 Å². The van der Waals surface area contributed by atoms with Gasteiger partial charge in [0.25, 0.3) is 15.9 Å². The van der Waals surface area contributed by atoms with Crippen LogP contribution in [0.5, 0.6) is 0 Å². The Balaban J connectivity index is 1.57. The first-order valence-electron chi connectivity index (χ1n) is 11.6. The summed E-state index contributed by atoms with van der Waals surface area (Å²) in [5.41, 5.74) is 4.22. The van der Waals surface area contributed by atoms with Crippen molar-refractivity contribution in [3.8, 4) is 0 Å². The largest absolute Gasteiger partial charge is 0.366 e. The minimum atomic E-state index is -3.93. The molecule has 0 radical (unpaired) electrons. The van der Waals surface area contributed by atoms with E-state index in [1.165, 1.54) is 6.07 Å². The fourth-order valence-corrected chi connectivity index (χ4v) is 6.26. The van der Waals surface area contributed by atoms with Crippen molar-refractivity contribution < 1.29 is 17.6 Å². The third kappa shape index (κ3) is 4.89. The molecule has 1 fully saturated rings. The number of sulfonamides is 1. The number of carbonyl (C=O) groups excluding carboxylic acids is 1. The van der Waals surface area contributed by atoms with Crippen LogP contribution in [0.15, 0.2) is 59.5 Å². The second-order valence-corrected chi connectivity index (χ2v) is 10.6. The molecule has 0 aliphatic carbocycles. The van der Waals surface area contributed by atoms with Gasteiger partial charge in [0.15, 0.2) is 0 Å². The molecule has 0 unspecified atom stereocenters. The van der Waals surface area contributed by atoms with Gasteiger partial charge in [-0.25, -0.2) is 12.8 Å². The highest BCUT2D eigenvalue weighted by atomic mass is 32.2. The maximum absolute atomic E-state index is 14.2. The van der Waals surface area contributed by atoms with Crippen molar-refractivity contribution in [1.29, 1.82) is 0 Å². The van der Waals surface area contributed by atoms with E-state index in [0.29, 0.717) is 43.0 Å². The van der Waals surface area contributed by atoms with Crippen LogP contribution in [0, 0.1) is 33.5 Å². The second kappa shape index (κ2) is 9.70. The van der Waals surface area contributed by atoms with E-state index in [1.54, 1.807) is 61.2 Å². The molecule has 1 heterocycles. The van der Waals surface area contributed by atoms with Gasteiger partial charge in [-0.1, -0.05) is 30.3 Å². The standard InChI is InChI=1S/C27H30FN3O3S/c1-18-17-19(2)21(4)26(20(18)3)35(33,34)29-24-11-7-5-9-22(24)27(32)31-15-13-30(14-16-31)25-12-8-6-10-23(25)28/h5-12,17,29H,13-16H2,1-4H3. The number of amides is 1. The smallest absolute Gasteiger partial charge is 0.262 e. The third-order valence-corrected chi connectivity index (χ3v) is 8.37. The summed E-state index contributed by atoms with van der Waals surface area (Å²) < 4.78 is 43.7. The normalized spacial score (nSPS) is 14.2. The van der Waals surface area contributed by atoms with E-state index in [4.69, 9.17) is 0 Å². The van der Waals surface area contributed by atoms with E-state index in [1.807, 2.05) is 24.8 Å². The first-order valence-corrected chi connectivity index (χ1v) is 13.1. The molecule has 6 nitrogen and oxygen atoms in total. The minimum Gasteiger partial charge on any atom is -0.366 e. The van der Waals surface area contributed by atoms with Crippen LogP contribution in [0.1, 0.15) is 32.6 Å². The maximum Gasteiger partial charge on any atom is 0.262 e. The topological polar surface area (TPSA) is 69.7 Å². The number of anilines is 2. The molecular weight excluding hydrogens is 465 g/mol. The lowest BCUT2D eigenvalue weighted by molar-refractivity contribution is 0.0747. The number of halogens is 1. The molecule has 1 saturated heterocycles. The van der Waals surface area contributed by atoms with Crippen LogP contribution in [0.3, 0.4) is 0 Å². The van der Waals surface area contributed by atoms with E-state index in [0.717, 1.165) is 11.1 Å². The van der Waals surface area contributed by atoms with Crippen molar-refractivity contribution in [2.24, 2.45) is 0 Å². The van der Waals surface area contributed by atoms with Crippen LogP contribution in [-0.2, 0) is 10.0 Å². The molecule has 0 bridgehead atoms. The molecule has 35 heavy (non-hydrogen) atoms. The molecule has 3 aromatic rings. The average Bonchev–Trinajstić information content (AvgIpc) is 2.83. The number of nitrogens with zero attached hydrogens (tertiary/aromatic N) is 2. The number of benzene rings is 3. The van der Waals surface area contributed by atoms with Crippen molar-refractivity contribution in [2.45, 2.75) is 32.6 Å². The lowest BCUT2D eigenvalue weighted by atomic mass is 10.0. The monoisotopic (exact) mass is 495 g/mol. The SMILES string of the molecule is Cc1cc(C)c(C)c(S(=O)(=O)Nc2ccccc2C(=O)N2CCN(c3ccccc3F)CC2)c1C. The van der Waals surface area contributed by atoms with E-state index in [2.05, 4.69) is 4.72 Å². The van der Waals surface area contributed by atoms with Crippen LogP contribution in [0.25, 0.3) is 0 Å². The number of rotatable bonds is 5. The van der Waals surface area contributed by atoms with Crippen molar-refractivity contribution in [3.05, 3.63) is 88.2 Å². The molecule has 3 aromatic carbocycles. The summed E-state index contributed by atoms with van der Waals surface area (Å²) >= 11 is 0. The summed E-state index contributed by atoms with van der Waals surface area (Å²) in [5.74, 6) is -0.547. The van der Waals surface area contributed by atoms with Crippen molar-refractivity contribution in [1.82, 2.24) is 4.90 Å². The number of para-hydroxylation sites is 2. The molecule has 0 aromatic heterocycles. The molecule has 1 amide bonds. The summed E-state index contributed by atoms with van der Waals surface area (Å²) in [6, 6.07) is 15.2. The average molecular weight is 496 g/mol. The zero-order valence-electron chi connectivity index (χ0n) is 20.4. The number of carbonyl (C=O) groups is 1. The number of hydrogen-bond donors (Lipinski definition) is 1. The molecule has 1 N–H and O–H groups in total. The summed E-state index contributed by atoms with van der Waals surface area (Å²) in [5, 5.41) is 0. The predicted molar refractivity (Wildman–Crippen MR) is 137 cm³/mol. The van der Waals surface area contributed by atoms with Gasteiger partial charge in [-0.05, 0) is 74.2 Å². The van der Waals surface area contributed by atoms with Gasteiger partial charge in [0, 0.05) is 26.2 Å². The van der Waals surface area contributed by atoms with Gasteiger partial charge in [-0.2, -0.15) is 0 Å². The number of nitrogens with one attached hydrogen (secondary N) is 1. The fourth-order valence-electron chi connectivity index (χ4n) is 4.57. The molecular formula is C27H30FN3O3S.